The van der Waals surface area contributed by atoms with Gasteiger partial charge >= 0.3 is 8.60 Å². The molecule has 0 spiro atoms. The standard InChI is InChI=1S/C27H33O3P/c1-20-18-23(26(2,3)4)25(24(19-20)27(5,6)7)30-31(28-21-14-10-8-11-15-21)29-22-16-12-9-13-17-22/h8-19H,1-7H3. The Morgan fingerprint density at radius 2 is 0.968 bits per heavy atom. The largest absolute Gasteiger partial charge is 0.530 e. The zero-order valence-electron chi connectivity index (χ0n) is 19.6. The number of para-hydroxylation sites is 2. The maximum absolute atomic E-state index is 6.61. The molecule has 3 nitrogen and oxygen atoms in total. The van der Waals surface area contributed by atoms with E-state index in [2.05, 4.69) is 60.6 Å². The highest BCUT2D eigenvalue weighted by Gasteiger charge is 2.31. The quantitative estimate of drug-likeness (QED) is 0.363. The van der Waals surface area contributed by atoms with Crippen LogP contribution in [0.4, 0.5) is 0 Å². The third kappa shape index (κ3) is 6.24. The van der Waals surface area contributed by atoms with E-state index in [-0.39, 0.29) is 10.8 Å². The summed E-state index contributed by atoms with van der Waals surface area (Å²) in [7, 11) is -1.73. The summed E-state index contributed by atoms with van der Waals surface area (Å²) in [5.41, 5.74) is 3.33. The molecule has 0 amide bonds. The van der Waals surface area contributed by atoms with Gasteiger partial charge in [0.25, 0.3) is 0 Å². The van der Waals surface area contributed by atoms with Crippen LogP contribution < -0.4 is 13.6 Å². The summed E-state index contributed by atoms with van der Waals surface area (Å²) >= 11 is 0. The molecule has 3 aromatic rings. The predicted molar refractivity (Wildman–Crippen MR) is 130 cm³/mol. The summed E-state index contributed by atoms with van der Waals surface area (Å²) < 4.78 is 19.0. The van der Waals surface area contributed by atoms with Crippen molar-refractivity contribution < 1.29 is 13.6 Å². The number of hydrogen-bond acceptors (Lipinski definition) is 3. The second-order valence-corrected chi connectivity index (χ2v) is 10.8. The molecule has 0 aliphatic rings. The van der Waals surface area contributed by atoms with Crippen molar-refractivity contribution in [3.05, 3.63) is 89.5 Å². The lowest BCUT2D eigenvalue weighted by Crippen LogP contribution is -2.20. The topological polar surface area (TPSA) is 27.7 Å². The fourth-order valence-corrected chi connectivity index (χ4v) is 4.30. The van der Waals surface area contributed by atoms with Gasteiger partial charge in [0.2, 0.25) is 0 Å². The number of hydrogen-bond donors (Lipinski definition) is 0. The minimum atomic E-state index is -1.73. The fraction of sp³-hybridized carbons (Fsp3) is 0.333. The van der Waals surface area contributed by atoms with Gasteiger partial charge in [0.15, 0.2) is 0 Å². The minimum Gasteiger partial charge on any atom is -0.409 e. The maximum atomic E-state index is 6.61. The number of benzene rings is 3. The van der Waals surface area contributed by atoms with Crippen molar-refractivity contribution in [1.82, 2.24) is 0 Å². The van der Waals surface area contributed by atoms with E-state index in [1.165, 1.54) is 5.56 Å². The van der Waals surface area contributed by atoms with E-state index < -0.39 is 8.60 Å². The van der Waals surface area contributed by atoms with Gasteiger partial charge in [-0.25, -0.2) is 0 Å². The summed E-state index contributed by atoms with van der Waals surface area (Å²) in [6.45, 7) is 15.4. The van der Waals surface area contributed by atoms with E-state index >= 15 is 0 Å². The summed E-state index contributed by atoms with van der Waals surface area (Å²) in [4.78, 5) is 0. The van der Waals surface area contributed by atoms with E-state index in [4.69, 9.17) is 13.6 Å². The first-order chi connectivity index (χ1) is 14.5. The van der Waals surface area contributed by atoms with E-state index in [9.17, 15) is 0 Å². The van der Waals surface area contributed by atoms with E-state index in [0.717, 1.165) is 16.9 Å². The van der Waals surface area contributed by atoms with Crippen molar-refractivity contribution in [1.29, 1.82) is 0 Å². The number of rotatable bonds is 6. The van der Waals surface area contributed by atoms with Crippen molar-refractivity contribution in [2.45, 2.75) is 59.3 Å². The lowest BCUT2D eigenvalue weighted by molar-refractivity contribution is 0.376. The molecule has 0 heterocycles. The average Bonchev–Trinajstić information content (AvgIpc) is 2.69. The molecule has 0 fully saturated rings. The van der Waals surface area contributed by atoms with Gasteiger partial charge in [0.05, 0.1) is 0 Å². The minimum absolute atomic E-state index is 0.0954. The van der Waals surface area contributed by atoms with Crippen molar-refractivity contribution >= 4 is 8.60 Å². The van der Waals surface area contributed by atoms with Gasteiger partial charge in [-0.05, 0) is 42.0 Å². The molecule has 164 valence electrons. The Morgan fingerprint density at radius 3 is 1.32 bits per heavy atom. The normalized spacial score (nSPS) is 12.0. The Kier molecular flexibility index (Phi) is 6.96. The molecule has 0 atom stereocenters. The molecule has 3 rings (SSSR count). The Bertz CT molecular complexity index is 910. The highest BCUT2D eigenvalue weighted by atomic mass is 31.2. The van der Waals surface area contributed by atoms with Crippen LogP contribution in [0.15, 0.2) is 72.8 Å². The zero-order chi connectivity index (χ0) is 22.6. The smallest absolute Gasteiger partial charge is 0.409 e. The third-order valence-corrected chi connectivity index (χ3v) is 5.91. The van der Waals surface area contributed by atoms with E-state index in [1.54, 1.807) is 0 Å². The van der Waals surface area contributed by atoms with Crippen LogP contribution in [0.5, 0.6) is 17.2 Å². The Labute approximate surface area is 188 Å². The lowest BCUT2D eigenvalue weighted by Gasteiger charge is -2.31. The molecule has 4 heteroatoms. The van der Waals surface area contributed by atoms with Crippen molar-refractivity contribution in [2.75, 3.05) is 0 Å². The maximum Gasteiger partial charge on any atom is 0.530 e. The van der Waals surface area contributed by atoms with Crippen LogP contribution >= 0.6 is 8.60 Å². The molecular weight excluding hydrogens is 403 g/mol. The SMILES string of the molecule is Cc1cc(C(C)(C)C)c(OP(Oc2ccccc2)Oc2ccccc2)c(C(C)(C)C)c1. The molecule has 0 bridgehead atoms. The van der Waals surface area contributed by atoms with Crippen molar-refractivity contribution in [2.24, 2.45) is 0 Å². The van der Waals surface area contributed by atoms with Crippen LogP contribution in [0.25, 0.3) is 0 Å². The Balaban J connectivity index is 2.07. The van der Waals surface area contributed by atoms with Gasteiger partial charge in [-0.1, -0.05) is 95.6 Å². The first-order valence-electron chi connectivity index (χ1n) is 10.6. The van der Waals surface area contributed by atoms with Gasteiger partial charge in [-0.3, -0.25) is 0 Å². The summed E-state index contributed by atoms with van der Waals surface area (Å²) in [6, 6.07) is 23.8. The van der Waals surface area contributed by atoms with Crippen LogP contribution in [0.3, 0.4) is 0 Å². The fourth-order valence-electron chi connectivity index (χ4n) is 3.25. The van der Waals surface area contributed by atoms with Crippen LogP contribution in [0.2, 0.25) is 0 Å². The van der Waals surface area contributed by atoms with Gasteiger partial charge in [-0.2, -0.15) is 0 Å². The molecule has 0 saturated carbocycles. The summed E-state index contributed by atoms with van der Waals surface area (Å²) in [5, 5.41) is 0. The molecule has 0 aliphatic heterocycles. The average molecular weight is 437 g/mol. The molecule has 0 unspecified atom stereocenters. The predicted octanol–water partition coefficient (Wildman–Crippen LogP) is 8.35. The first-order valence-corrected chi connectivity index (χ1v) is 11.7. The Morgan fingerprint density at radius 1 is 0.581 bits per heavy atom. The second kappa shape index (κ2) is 9.32. The van der Waals surface area contributed by atoms with Crippen LogP contribution in [0, 0.1) is 6.92 Å². The van der Waals surface area contributed by atoms with Gasteiger partial charge in [-0.15, -0.1) is 0 Å². The lowest BCUT2D eigenvalue weighted by atomic mass is 9.78. The molecular formula is C27H33O3P. The molecule has 0 radical (unpaired) electrons. The van der Waals surface area contributed by atoms with Crippen LogP contribution in [0.1, 0.15) is 58.2 Å². The number of aryl methyl sites for hydroxylation is 1. The van der Waals surface area contributed by atoms with Crippen LogP contribution in [-0.2, 0) is 10.8 Å². The van der Waals surface area contributed by atoms with Gasteiger partial charge in [0.1, 0.15) is 17.2 Å². The van der Waals surface area contributed by atoms with Gasteiger partial charge < -0.3 is 13.6 Å². The van der Waals surface area contributed by atoms with E-state index in [1.807, 2.05) is 60.7 Å². The zero-order valence-corrected chi connectivity index (χ0v) is 20.5. The first kappa shape index (κ1) is 23.2. The molecule has 31 heavy (non-hydrogen) atoms. The highest BCUT2D eigenvalue weighted by Crippen LogP contribution is 2.49. The molecule has 3 aromatic carbocycles. The highest BCUT2D eigenvalue weighted by molar-refractivity contribution is 7.43. The molecule has 0 aromatic heterocycles. The molecule has 0 aliphatic carbocycles. The van der Waals surface area contributed by atoms with Crippen molar-refractivity contribution in [3.8, 4) is 17.2 Å². The third-order valence-electron chi connectivity index (χ3n) is 4.86. The molecule has 0 N–H and O–H groups in total. The monoisotopic (exact) mass is 436 g/mol. The van der Waals surface area contributed by atoms with Crippen molar-refractivity contribution in [3.63, 3.8) is 0 Å². The summed E-state index contributed by atoms with van der Waals surface area (Å²) in [6.07, 6.45) is 0. The summed E-state index contributed by atoms with van der Waals surface area (Å²) in [5.74, 6) is 2.28. The molecule has 0 saturated heterocycles. The second-order valence-electron chi connectivity index (χ2n) is 9.81. The van der Waals surface area contributed by atoms with Crippen LogP contribution in [-0.4, -0.2) is 0 Å². The van der Waals surface area contributed by atoms with Gasteiger partial charge in [0, 0.05) is 11.1 Å². The van der Waals surface area contributed by atoms with E-state index in [0.29, 0.717) is 11.5 Å². The Hall–Kier alpha value is -2.51.